The Balaban J connectivity index is 1.08. The van der Waals surface area contributed by atoms with Crippen LogP contribution in [0.15, 0.2) is 66.7 Å². The zero-order chi connectivity index (χ0) is 22.0. The topological polar surface area (TPSA) is 12.0 Å². The summed E-state index contributed by atoms with van der Waals surface area (Å²) in [6, 6.07) is 25.4. The summed E-state index contributed by atoms with van der Waals surface area (Å²) in [6.07, 6.45) is 9.04. The SMILES string of the molecule is CC1(C)c2ccccc2-c2ccc(Nc3ccc(C45CC6CC7CC(C4)C7(C6)C5)cc3)cc21. The van der Waals surface area contributed by atoms with Crippen molar-refractivity contribution >= 4 is 11.4 Å². The highest BCUT2D eigenvalue weighted by Crippen LogP contribution is 2.78. The standard InChI is InChI=1S/C32H33N/c1-30(2)28-6-4-3-5-26(28)27-12-11-25(15-29(27)30)33-24-9-7-21(8-10-24)31-16-20-13-22-14-23(18-31)32(22,17-20)19-31/h3-12,15,20,22-23,33H,13-14,16-19H2,1-2H3. The van der Waals surface area contributed by atoms with E-state index >= 15 is 0 Å². The molecule has 0 amide bonds. The van der Waals surface area contributed by atoms with E-state index in [-0.39, 0.29) is 5.41 Å². The molecule has 166 valence electrons. The second-order valence-electron chi connectivity index (χ2n) is 12.7. The molecule has 0 aliphatic heterocycles. The van der Waals surface area contributed by atoms with E-state index in [0.29, 0.717) is 5.41 Å². The van der Waals surface area contributed by atoms with Gasteiger partial charge in [-0.25, -0.2) is 0 Å². The van der Waals surface area contributed by atoms with Crippen LogP contribution >= 0.6 is 0 Å². The Bertz CT molecular complexity index is 1300. The van der Waals surface area contributed by atoms with Gasteiger partial charge in [0.2, 0.25) is 0 Å². The summed E-state index contributed by atoms with van der Waals surface area (Å²) in [6.45, 7) is 4.71. The average Bonchev–Trinajstić information content (AvgIpc) is 3.25. The quantitative estimate of drug-likeness (QED) is 0.440. The fraction of sp³-hybridized carbons (Fsp3) is 0.438. The van der Waals surface area contributed by atoms with E-state index in [1.54, 1.807) is 12.0 Å². The third-order valence-corrected chi connectivity index (χ3v) is 10.8. The molecule has 0 heterocycles. The minimum absolute atomic E-state index is 0.0477. The maximum Gasteiger partial charge on any atom is 0.0387 e. The molecule has 4 fully saturated rings. The van der Waals surface area contributed by atoms with Crippen LogP contribution in [-0.2, 0) is 10.8 Å². The van der Waals surface area contributed by atoms with Gasteiger partial charge < -0.3 is 5.32 Å². The molecule has 5 aliphatic rings. The minimum Gasteiger partial charge on any atom is -0.356 e. The van der Waals surface area contributed by atoms with Crippen LogP contribution in [0.2, 0.25) is 0 Å². The van der Waals surface area contributed by atoms with Gasteiger partial charge in [-0.2, -0.15) is 0 Å². The summed E-state index contributed by atoms with van der Waals surface area (Å²) < 4.78 is 0. The first kappa shape index (κ1) is 18.8. The molecule has 1 nitrogen and oxygen atoms in total. The van der Waals surface area contributed by atoms with Crippen molar-refractivity contribution in [1.82, 2.24) is 0 Å². The van der Waals surface area contributed by atoms with Crippen LogP contribution in [-0.4, -0.2) is 0 Å². The van der Waals surface area contributed by atoms with Gasteiger partial charge in [0, 0.05) is 16.8 Å². The van der Waals surface area contributed by atoms with E-state index in [0.717, 1.165) is 23.2 Å². The molecule has 1 N–H and O–H groups in total. The summed E-state index contributed by atoms with van der Waals surface area (Å²) in [5, 5.41) is 3.71. The van der Waals surface area contributed by atoms with Crippen molar-refractivity contribution in [2.75, 3.05) is 5.32 Å². The maximum atomic E-state index is 3.71. The summed E-state index contributed by atoms with van der Waals surface area (Å²) in [5.41, 5.74) is 11.0. The number of hydrogen-bond acceptors (Lipinski definition) is 1. The van der Waals surface area contributed by atoms with Crippen LogP contribution in [0.4, 0.5) is 11.4 Å². The molecule has 0 radical (unpaired) electrons. The second-order valence-corrected chi connectivity index (χ2v) is 12.7. The van der Waals surface area contributed by atoms with Crippen LogP contribution < -0.4 is 5.32 Å². The highest BCUT2D eigenvalue weighted by atomic mass is 14.9. The van der Waals surface area contributed by atoms with E-state index in [2.05, 4.69) is 85.9 Å². The monoisotopic (exact) mass is 431 g/mol. The van der Waals surface area contributed by atoms with Gasteiger partial charge in [-0.1, -0.05) is 56.3 Å². The van der Waals surface area contributed by atoms with Gasteiger partial charge in [-0.05, 0) is 119 Å². The molecule has 3 bridgehead atoms. The van der Waals surface area contributed by atoms with E-state index in [1.807, 2.05) is 0 Å². The predicted molar refractivity (Wildman–Crippen MR) is 136 cm³/mol. The summed E-state index contributed by atoms with van der Waals surface area (Å²) in [4.78, 5) is 0. The zero-order valence-electron chi connectivity index (χ0n) is 19.8. The van der Waals surface area contributed by atoms with Gasteiger partial charge in [0.25, 0.3) is 0 Å². The number of benzene rings is 3. The van der Waals surface area contributed by atoms with E-state index in [1.165, 1.54) is 65.7 Å². The third-order valence-electron chi connectivity index (χ3n) is 10.8. The molecule has 1 spiro atoms. The predicted octanol–water partition coefficient (Wildman–Crippen LogP) is 8.20. The fourth-order valence-electron chi connectivity index (χ4n) is 9.55. The van der Waals surface area contributed by atoms with Gasteiger partial charge in [0.05, 0.1) is 0 Å². The number of rotatable bonds is 3. The molecule has 5 aliphatic carbocycles. The molecule has 5 atom stereocenters. The van der Waals surface area contributed by atoms with Crippen molar-refractivity contribution in [2.45, 2.75) is 63.2 Å². The van der Waals surface area contributed by atoms with Crippen molar-refractivity contribution in [3.8, 4) is 11.1 Å². The number of hydrogen-bond donors (Lipinski definition) is 1. The van der Waals surface area contributed by atoms with Crippen molar-refractivity contribution in [2.24, 2.45) is 23.2 Å². The Kier molecular flexibility index (Phi) is 3.38. The Hall–Kier alpha value is -2.54. The second kappa shape index (κ2) is 5.93. The number of fused-ring (bicyclic) bond motifs is 5. The molecular weight excluding hydrogens is 398 g/mol. The Morgan fingerprint density at radius 3 is 2.39 bits per heavy atom. The summed E-state index contributed by atoms with van der Waals surface area (Å²) in [5.74, 6) is 3.12. The van der Waals surface area contributed by atoms with Gasteiger partial charge in [-0.3, -0.25) is 0 Å². The molecule has 5 unspecified atom stereocenters. The smallest absolute Gasteiger partial charge is 0.0387 e. The minimum atomic E-state index is 0.0477. The van der Waals surface area contributed by atoms with Crippen molar-refractivity contribution in [3.63, 3.8) is 0 Å². The molecule has 8 rings (SSSR count). The van der Waals surface area contributed by atoms with Gasteiger partial charge in [0.15, 0.2) is 0 Å². The van der Waals surface area contributed by atoms with E-state index in [9.17, 15) is 0 Å². The third kappa shape index (κ3) is 2.29. The first-order chi connectivity index (χ1) is 16.0. The van der Waals surface area contributed by atoms with Gasteiger partial charge >= 0.3 is 0 Å². The molecule has 4 saturated carbocycles. The molecule has 3 aromatic rings. The van der Waals surface area contributed by atoms with Crippen LogP contribution in [0.3, 0.4) is 0 Å². The molecular formula is C32H33N. The normalized spacial score (nSPS) is 35.6. The lowest BCUT2D eigenvalue weighted by Crippen LogP contribution is -2.42. The van der Waals surface area contributed by atoms with Crippen LogP contribution in [0.5, 0.6) is 0 Å². The molecule has 0 saturated heterocycles. The van der Waals surface area contributed by atoms with Crippen molar-refractivity contribution < 1.29 is 0 Å². The first-order valence-corrected chi connectivity index (χ1v) is 13.1. The van der Waals surface area contributed by atoms with Crippen LogP contribution in [0.25, 0.3) is 11.1 Å². The maximum absolute atomic E-state index is 3.71. The average molecular weight is 432 g/mol. The number of nitrogens with one attached hydrogen (secondary N) is 1. The fourth-order valence-corrected chi connectivity index (χ4v) is 9.55. The number of anilines is 2. The van der Waals surface area contributed by atoms with Gasteiger partial charge in [0.1, 0.15) is 0 Å². The van der Waals surface area contributed by atoms with Crippen molar-refractivity contribution in [3.05, 3.63) is 83.4 Å². The Morgan fingerprint density at radius 2 is 1.52 bits per heavy atom. The highest BCUT2D eigenvalue weighted by Gasteiger charge is 2.70. The lowest BCUT2D eigenvalue weighted by atomic mass is 9.55. The lowest BCUT2D eigenvalue weighted by molar-refractivity contribution is -0.000160. The largest absolute Gasteiger partial charge is 0.356 e. The Morgan fingerprint density at radius 1 is 0.727 bits per heavy atom. The van der Waals surface area contributed by atoms with Crippen LogP contribution in [0, 0.1) is 23.2 Å². The van der Waals surface area contributed by atoms with Crippen LogP contribution in [0.1, 0.15) is 69.1 Å². The van der Waals surface area contributed by atoms with Gasteiger partial charge in [-0.15, -0.1) is 0 Å². The lowest BCUT2D eigenvalue weighted by Gasteiger charge is -2.49. The zero-order valence-corrected chi connectivity index (χ0v) is 19.8. The molecule has 3 aromatic carbocycles. The summed E-state index contributed by atoms with van der Waals surface area (Å²) >= 11 is 0. The van der Waals surface area contributed by atoms with E-state index in [4.69, 9.17) is 0 Å². The van der Waals surface area contributed by atoms with Crippen molar-refractivity contribution in [1.29, 1.82) is 0 Å². The molecule has 0 aromatic heterocycles. The first-order valence-electron chi connectivity index (χ1n) is 13.1. The molecule has 1 heteroatoms. The Labute approximate surface area is 197 Å². The highest BCUT2D eigenvalue weighted by molar-refractivity contribution is 5.82. The summed E-state index contributed by atoms with van der Waals surface area (Å²) in [7, 11) is 0. The van der Waals surface area contributed by atoms with E-state index < -0.39 is 0 Å². The molecule has 33 heavy (non-hydrogen) atoms.